The summed E-state index contributed by atoms with van der Waals surface area (Å²) in [5.41, 5.74) is 0.985. The van der Waals surface area contributed by atoms with E-state index in [-0.39, 0.29) is 17.5 Å². The van der Waals surface area contributed by atoms with Crippen molar-refractivity contribution < 1.29 is 9.53 Å². The molecule has 0 aromatic heterocycles. The van der Waals surface area contributed by atoms with Gasteiger partial charge in [0, 0.05) is 13.3 Å². The van der Waals surface area contributed by atoms with E-state index < -0.39 is 0 Å². The third kappa shape index (κ3) is 4.09. The maximum absolute atomic E-state index is 11.5. The monoisotopic (exact) mass is 302 g/mol. The molecule has 3 atom stereocenters. The number of nitrogens with one attached hydrogen (secondary N) is 1. The Kier molecular flexibility index (Phi) is 5.22. The first-order valence-electron chi connectivity index (χ1n) is 7.97. The van der Waals surface area contributed by atoms with Crippen LogP contribution in [-0.2, 0) is 16.0 Å². The zero-order chi connectivity index (χ0) is 16.2. The Balaban J connectivity index is 2.15. The number of amides is 1. The van der Waals surface area contributed by atoms with Crippen molar-refractivity contribution in [2.24, 2.45) is 10.9 Å². The molecule has 1 aromatic carbocycles. The standard InChI is InChI=1S/C18H26N2O2/c1-5-13(2)16(19-14(3)21)17-20-18(4,12-22-17)11-15-9-7-6-8-10-15/h6-10,13,16H,5,11-12H2,1-4H3,(H,19,21)/t13?,16?,18-/m0/s1. The summed E-state index contributed by atoms with van der Waals surface area (Å²) in [6, 6.07) is 10.2. The molecular weight excluding hydrogens is 276 g/mol. The topological polar surface area (TPSA) is 50.7 Å². The summed E-state index contributed by atoms with van der Waals surface area (Å²) in [5.74, 6) is 0.915. The van der Waals surface area contributed by atoms with E-state index in [0.717, 1.165) is 12.8 Å². The highest BCUT2D eigenvalue weighted by atomic mass is 16.5. The largest absolute Gasteiger partial charge is 0.477 e. The molecule has 1 aliphatic heterocycles. The van der Waals surface area contributed by atoms with Crippen LogP contribution in [-0.4, -0.2) is 30.0 Å². The molecule has 1 aliphatic rings. The van der Waals surface area contributed by atoms with E-state index in [2.05, 4.69) is 38.2 Å². The van der Waals surface area contributed by atoms with Gasteiger partial charge in [0.25, 0.3) is 0 Å². The van der Waals surface area contributed by atoms with Gasteiger partial charge in [-0.2, -0.15) is 0 Å². The first-order valence-corrected chi connectivity index (χ1v) is 7.97. The highest BCUT2D eigenvalue weighted by molar-refractivity contribution is 5.88. The molecule has 1 amide bonds. The van der Waals surface area contributed by atoms with E-state index in [1.165, 1.54) is 12.5 Å². The van der Waals surface area contributed by atoms with Crippen molar-refractivity contribution in [2.75, 3.05) is 6.61 Å². The smallest absolute Gasteiger partial charge is 0.217 e. The number of rotatable bonds is 6. The minimum Gasteiger partial charge on any atom is -0.477 e. The van der Waals surface area contributed by atoms with Crippen molar-refractivity contribution in [2.45, 2.75) is 52.1 Å². The molecule has 22 heavy (non-hydrogen) atoms. The maximum atomic E-state index is 11.5. The zero-order valence-electron chi connectivity index (χ0n) is 13.9. The Hall–Kier alpha value is -1.84. The number of hydrogen-bond donors (Lipinski definition) is 1. The second-order valence-electron chi connectivity index (χ2n) is 6.46. The van der Waals surface area contributed by atoms with Gasteiger partial charge in [-0.05, 0) is 18.4 Å². The highest BCUT2D eigenvalue weighted by Gasteiger charge is 2.36. The van der Waals surface area contributed by atoms with Gasteiger partial charge in [0.1, 0.15) is 12.6 Å². The van der Waals surface area contributed by atoms with E-state index in [4.69, 9.17) is 9.73 Å². The van der Waals surface area contributed by atoms with Crippen molar-refractivity contribution >= 4 is 11.8 Å². The zero-order valence-corrected chi connectivity index (χ0v) is 13.9. The summed E-state index contributed by atoms with van der Waals surface area (Å²) in [5, 5.41) is 2.98. The van der Waals surface area contributed by atoms with Crippen LogP contribution in [0.15, 0.2) is 35.3 Å². The van der Waals surface area contributed by atoms with Crippen LogP contribution in [0, 0.1) is 5.92 Å². The van der Waals surface area contributed by atoms with Gasteiger partial charge in [-0.15, -0.1) is 0 Å². The van der Waals surface area contributed by atoms with Gasteiger partial charge >= 0.3 is 0 Å². The lowest BCUT2D eigenvalue weighted by Crippen LogP contribution is -2.44. The van der Waals surface area contributed by atoms with Crippen LogP contribution in [0.5, 0.6) is 0 Å². The van der Waals surface area contributed by atoms with Crippen LogP contribution >= 0.6 is 0 Å². The number of benzene rings is 1. The summed E-state index contributed by atoms with van der Waals surface area (Å²) in [4.78, 5) is 16.3. The van der Waals surface area contributed by atoms with Crippen LogP contribution in [0.1, 0.15) is 39.7 Å². The predicted molar refractivity (Wildman–Crippen MR) is 89.0 cm³/mol. The predicted octanol–water partition coefficient (Wildman–Crippen LogP) is 2.97. The molecule has 0 bridgehead atoms. The van der Waals surface area contributed by atoms with Crippen LogP contribution in [0.2, 0.25) is 0 Å². The fourth-order valence-electron chi connectivity index (χ4n) is 2.75. The maximum Gasteiger partial charge on any atom is 0.217 e. The number of carbonyl (C=O) groups is 1. The van der Waals surface area contributed by atoms with Gasteiger partial charge in [0.05, 0.1) is 5.54 Å². The van der Waals surface area contributed by atoms with E-state index in [0.29, 0.717) is 18.4 Å². The SMILES string of the molecule is CCC(C)C(NC(C)=O)C1=N[C@@](C)(Cc2ccccc2)CO1. The lowest BCUT2D eigenvalue weighted by molar-refractivity contribution is -0.119. The number of nitrogens with zero attached hydrogens (tertiary/aromatic N) is 1. The quantitative estimate of drug-likeness (QED) is 0.878. The second kappa shape index (κ2) is 6.95. The van der Waals surface area contributed by atoms with E-state index in [9.17, 15) is 4.79 Å². The Morgan fingerprint density at radius 1 is 1.41 bits per heavy atom. The minimum atomic E-state index is -0.263. The fraction of sp³-hybridized carbons (Fsp3) is 0.556. The van der Waals surface area contributed by atoms with Gasteiger partial charge < -0.3 is 10.1 Å². The molecule has 2 rings (SSSR count). The molecule has 0 radical (unpaired) electrons. The third-order valence-corrected chi connectivity index (χ3v) is 4.18. The van der Waals surface area contributed by atoms with Crippen molar-refractivity contribution in [3.8, 4) is 0 Å². The van der Waals surface area contributed by atoms with Crippen molar-refractivity contribution in [1.29, 1.82) is 0 Å². The lowest BCUT2D eigenvalue weighted by atomic mass is 9.94. The number of carbonyl (C=O) groups excluding carboxylic acids is 1. The van der Waals surface area contributed by atoms with Gasteiger partial charge in [-0.1, -0.05) is 50.6 Å². The normalized spacial score (nSPS) is 23.4. The molecule has 1 N–H and O–H groups in total. The Labute approximate surface area is 133 Å². The summed E-state index contributed by atoms with van der Waals surface area (Å²) < 4.78 is 5.86. The number of aliphatic imine (C=N–C) groups is 1. The molecule has 0 saturated carbocycles. The van der Waals surface area contributed by atoms with Crippen LogP contribution in [0.3, 0.4) is 0 Å². The van der Waals surface area contributed by atoms with Crippen molar-refractivity contribution in [3.63, 3.8) is 0 Å². The van der Waals surface area contributed by atoms with Gasteiger partial charge in [0.2, 0.25) is 11.8 Å². The lowest BCUT2D eigenvalue weighted by Gasteiger charge is -2.22. The Morgan fingerprint density at radius 2 is 2.09 bits per heavy atom. The first kappa shape index (κ1) is 16.5. The molecule has 120 valence electrons. The van der Waals surface area contributed by atoms with Crippen molar-refractivity contribution in [3.05, 3.63) is 35.9 Å². The molecule has 0 saturated heterocycles. The van der Waals surface area contributed by atoms with E-state index >= 15 is 0 Å². The summed E-state index contributed by atoms with van der Waals surface area (Å²) in [6.45, 7) is 8.42. The van der Waals surface area contributed by atoms with Crippen molar-refractivity contribution in [1.82, 2.24) is 5.32 Å². The third-order valence-electron chi connectivity index (χ3n) is 4.18. The average Bonchev–Trinajstić information content (AvgIpc) is 2.86. The highest BCUT2D eigenvalue weighted by Crippen LogP contribution is 2.26. The number of ether oxygens (including phenoxy) is 1. The summed E-state index contributed by atoms with van der Waals surface area (Å²) >= 11 is 0. The van der Waals surface area contributed by atoms with Crippen LogP contribution < -0.4 is 5.32 Å². The molecular formula is C18H26N2O2. The Morgan fingerprint density at radius 3 is 2.68 bits per heavy atom. The molecule has 4 heteroatoms. The summed E-state index contributed by atoms with van der Waals surface area (Å²) in [6.07, 6.45) is 1.80. The fourth-order valence-corrected chi connectivity index (χ4v) is 2.75. The molecule has 0 aliphatic carbocycles. The van der Waals surface area contributed by atoms with Gasteiger partial charge in [0.15, 0.2) is 0 Å². The van der Waals surface area contributed by atoms with E-state index in [1.807, 2.05) is 18.2 Å². The number of hydrogen-bond acceptors (Lipinski definition) is 3. The molecule has 1 heterocycles. The first-order chi connectivity index (χ1) is 10.4. The molecule has 4 nitrogen and oxygen atoms in total. The molecule has 1 aromatic rings. The van der Waals surface area contributed by atoms with E-state index in [1.54, 1.807) is 0 Å². The molecule has 0 spiro atoms. The molecule has 2 unspecified atom stereocenters. The van der Waals surface area contributed by atoms with Crippen LogP contribution in [0.4, 0.5) is 0 Å². The Bertz CT molecular complexity index is 541. The van der Waals surface area contributed by atoms with Gasteiger partial charge in [-0.25, -0.2) is 4.99 Å². The minimum absolute atomic E-state index is 0.0479. The average molecular weight is 302 g/mol. The summed E-state index contributed by atoms with van der Waals surface area (Å²) in [7, 11) is 0. The van der Waals surface area contributed by atoms with Crippen LogP contribution in [0.25, 0.3) is 0 Å². The second-order valence-corrected chi connectivity index (χ2v) is 6.46. The molecule has 0 fully saturated rings. The van der Waals surface area contributed by atoms with Gasteiger partial charge in [-0.3, -0.25) is 4.79 Å².